The van der Waals surface area contributed by atoms with Gasteiger partial charge in [0.1, 0.15) is 18.8 Å². The van der Waals surface area contributed by atoms with Crippen molar-refractivity contribution >= 4 is 11.9 Å². The number of nitrogens with zero attached hydrogens (tertiary/aromatic N) is 2. The first-order chi connectivity index (χ1) is 11.6. The highest BCUT2D eigenvalue weighted by atomic mass is 16.6. The number of piperidine rings is 1. The van der Waals surface area contributed by atoms with Gasteiger partial charge < -0.3 is 14.8 Å². The number of benzene rings is 1. The van der Waals surface area contributed by atoms with Gasteiger partial charge in [0.05, 0.1) is 0 Å². The third kappa shape index (κ3) is 2.39. The van der Waals surface area contributed by atoms with E-state index in [1.807, 2.05) is 18.2 Å². The molecule has 4 rings (SSSR count). The topological polar surface area (TPSA) is 71.1 Å². The molecule has 0 aromatic heterocycles. The van der Waals surface area contributed by atoms with E-state index in [0.717, 1.165) is 36.7 Å². The molecule has 3 aliphatic rings. The Balaban J connectivity index is 1.44. The van der Waals surface area contributed by atoms with Gasteiger partial charge in [-0.1, -0.05) is 12.1 Å². The van der Waals surface area contributed by atoms with Gasteiger partial charge in [0.25, 0.3) is 5.91 Å². The fourth-order valence-electron chi connectivity index (χ4n) is 3.69. The van der Waals surface area contributed by atoms with Gasteiger partial charge >= 0.3 is 6.03 Å². The number of likely N-dealkylation sites (N-methyl/N-ethyl adjacent to an activating group) is 1. The van der Waals surface area contributed by atoms with Crippen LogP contribution < -0.4 is 14.8 Å². The molecule has 7 heteroatoms. The maximum absolute atomic E-state index is 12.3. The van der Waals surface area contributed by atoms with Gasteiger partial charge in [0.2, 0.25) is 0 Å². The number of carbonyl (C=O) groups is 2. The van der Waals surface area contributed by atoms with Crippen LogP contribution in [0.25, 0.3) is 0 Å². The van der Waals surface area contributed by atoms with Crippen molar-refractivity contribution in [3.8, 4) is 11.5 Å². The number of rotatable bonds is 2. The van der Waals surface area contributed by atoms with Crippen molar-refractivity contribution in [2.45, 2.75) is 24.9 Å². The first-order valence-electron chi connectivity index (χ1n) is 8.29. The minimum Gasteiger partial charge on any atom is -0.486 e. The fourth-order valence-corrected chi connectivity index (χ4v) is 3.69. The third-order valence-corrected chi connectivity index (χ3v) is 5.12. The van der Waals surface area contributed by atoms with Crippen LogP contribution in [0.3, 0.4) is 0 Å². The molecule has 24 heavy (non-hydrogen) atoms. The second-order valence-corrected chi connectivity index (χ2v) is 6.59. The maximum atomic E-state index is 12.3. The van der Waals surface area contributed by atoms with Crippen LogP contribution in [-0.4, -0.2) is 60.6 Å². The molecule has 0 unspecified atom stereocenters. The Bertz CT molecular complexity index is 682. The highest BCUT2D eigenvalue weighted by Gasteiger charge is 2.50. The molecule has 3 heterocycles. The minimum absolute atomic E-state index is 0.110. The van der Waals surface area contributed by atoms with Crippen LogP contribution in [0.5, 0.6) is 11.5 Å². The molecular formula is C17H21N3O4. The molecule has 2 saturated heterocycles. The van der Waals surface area contributed by atoms with Crippen LogP contribution in [0.15, 0.2) is 18.2 Å². The first kappa shape index (κ1) is 15.3. The van der Waals surface area contributed by atoms with Crippen LogP contribution >= 0.6 is 0 Å². The molecule has 3 aliphatic heterocycles. The summed E-state index contributed by atoms with van der Waals surface area (Å²) in [4.78, 5) is 27.6. The number of carbonyl (C=O) groups excluding carboxylic acids is 2. The van der Waals surface area contributed by atoms with E-state index in [9.17, 15) is 9.59 Å². The Kier molecular flexibility index (Phi) is 3.60. The molecule has 0 radical (unpaired) electrons. The zero-order chi connectivity index (χ0) is 16.7. The van der Waals surface area contributed by atoms with Gasteiger partial charge in [-0.3, -0.25) is 14.6 Å². The molecular weight excluding hydrogens is 310 g/mol. The number of imide groups is 1. The van der Waals surface area contributed by atoms with Gasteiger partial charge in [0, 0.05) is 32.2 Å². The lowest BCUT2D eigenvalue weighted by molar-refractivity contribution is -0.132. The quantitative estimate of drug-likeness (QED) is 0.818. The summed E-state index contributed by atoms with van der Waals surface area (Å²) in [5, 5.41) is 2.87. The molecule has 0 bridgehead atoms. The second-order valence-electron chi connectivity index (χ2n) is 6.59. The summed E-state index contributed by atoms with van der Waals surface area (Å²) in [6.07, 6.45) is 1.27. The highest BCUT2D eigenvalue weighted by Crippen LogP contribution is 2.35. The molecule has 1 aromatic rings. The van der Waals surface area contributed by atoms with E-state index < -0.39 is 5.54 Å². The summed E-state index contributed by atoms with van der Waals surface area (Å²) in [7, 11) is 1.53. The minimum atomic E-state index is -0.710. The van der Waals surface area contributed by atoms with Gasteiger partial charge in [-0.25, -0.2) is 4.79 Å². The number of nitrogens with one attached hydrogen (secondary N) is 1. The molecule has 128 valence electrons. The van der Waals surface area contributed by atoms with Crippen LogP contribution in [-0.2, 0) is 11.3 Å². The predicted octanol–water partition coefficient (Wildman–Crippen LogP) is 0.974. The summed E-state index contributed by atoms with van der Waals surface area (Å²) in [6.45, 7) is 3.41. The van der Waals surface area contributed by atoms with E-state index in [2.05, 4.69) is 10.2 Å². The Morgan fingerprint density at radius 1 is 1.17 bits per heavy atom. The van der Waals surface area contributed by atoms with E-state index in [4.69, 9.17) is 9.47 Å². The number of urea groups is 1. The van der Waals surface area contributed by atoms with Crippen molar-refractivity contribution in [3.05, 3.63) is 23.8 Å². The van der Waals surface area contributed by atoms with Crippen LogP contribution in [0.2, 0.25) is 0 Å². The Morgan fingerprint density at radius 3 is 2.62 bits per heavy atom. The molecule has 0 saturated carbocycles. The van der Waals surface area contributed by atoms with Gasteiger partial charge in [-0.05, 0) is 18.9 Å². The lowest BCUT2D eigenvalue weighted by Gasteiger charge is -2.37. The number of ether oxygens (including phenoxy) is 2. The molecule has 1 spiro atoms. The SMILES string of the molecule is CN1C(=O)NC2(CCN(Cc3cccc4c3OCCO4)CC2)C1=O. The zero-order valence-electron chi connectivity index (χ0n) is 13.7. The maximum Gasteiger partial charge on any atom is 0.324 e. The van der Waals surface area contributed by atoms with Crippen molar-refractivity contribution in [1.82, 2.24) is 15.1 Å². The third-order valence-electron chi connectivity index (χ3n) is 5.12. The number of para-hydroxylation sites is 1. The predicted molar refractivity (Wildman–Crippen MR) is 86.0 cm³/mol. The number of hydrogen-bond donors (Lipinski definition) is 1. The van der Waals surface area contributed by atoms with Crippen LogP contribution in [0, 0.1) is 0 Å². The van der Waals surface area contributed by atoms with Crippen LogP contribution in [0.1, 0.15) is 18.4 Å². The average molecular weight is 331 g/mol. The van der Waals surface area contributed by atoms with Crippen molar-refractivity contribution in [1.29, 1.82) is 0 Å². The summed E-state index contributed by atoms with van der Waals surface area (Å²) < 4.78 is 11.4. The van der Waals surface area contributed by atoms with Gasteiger partial charge in [0.15, 0.2) is 11.5 Å². The lowest BCUT2D eigenvalue weighted by atomic mass is 9.87. The van der Waals surface area contributed by atoms with Gasteiger partial charge in [-0.2, -0.15) is 0 Å². The van der Waals surface area contributed by atoms with E-state index in [1.54, 1.807) is 0 Å². The summed E-state index contributed by atoms with van der Waals surface area (Å²) in [5.41, 5.74) is 0.389. The van der Waals surface area contributed by atoms with Crippen molar-refractivity contribution in [2.75, 3.05) is 33.4 Å². The van der Waals surface area contributed by atoms with Crippen LogP contribution in [0.4, 0.5) is 4.79 Å². The Hall–Kier alpha value is -2.28. The Labute approximate surface area is 140 Å². The Morgan fingerprint density at radius 2 is 1.92 bits per heavy atom. The summed E-state index contributed by atoms with van der Waals surface area (Å²) in [6, 6.07) is 5.65. The van der Waals surface area contributed by atoms with Gasteiger partial charge in [-0.15, -0.1) is 0 Å². The number of fused-ring (bicyclic) bond motifs is 1. The van der Waals surface area contributed by atoms with Crippen molar-refractivity contribution < 1.29 is 19.1 Å². The molecule has 0 aliphatic carbocycles. The lowest BCUT2D eigenvalue weighted by Crippen LogP contribution is -2.54. The van der Waals surface area contributed by atoms with E-state index >= 15 is 0 Å². The fraction of sp³-hybridized carbons (Fsp3) is 0.529. The average Bonchev–Trinajstić information content (AvgIpc) is 2.81. The number of hydrogen-bond acceptors (Lipinski definition) is 5. The summed E-state index contributed by atoms with van der Waals surface area (Å²) >= 11 is 0. The highest BCUT2D eigenvalue weighted by molar-refractivity contribution is 6.06. The normalized spacial score (nSPS) is 22.8. The molecule has 1 aromatic carbocycles. The second kappa shape index (κ2) is 5.66. The van der Waals surface area contributed by atoms with Crippen molar-refractivity contribution in [3.63, 3.8) is 0 Å². The number of amides is 3. The van der Waals surface area contributed by atoms with E-state index in [0.29, 0.717) is 26.1 Å². The smallest absolute Gasteiger partial charge is 0.324 e. The van der Waals surface area contributed by atoms with E-state index in [-0.39, 0.29) is 11.9 Å². The molecule has 3 amide bonds. The monoisotopic (exact) mass is 331 g/mol. The molecule has 1 N–H and O–H groups in total. The summed E-state index contributed by atoms with van der Waals surface area (Å²) in [5.74, 6) is 1.52. The molecule has 2 fully saturated rings. The van der Waals surface area contributed by atoms with E-state index in [1.165, 1.54) is 11.9 Å². The van der Waals surface area contributed by atoms with Crippen molar-refractivity contribution in [2.24, 2.45) is 0 Å². The first-order valence-corrected chi connectivity index (χ1v) is 8.29. The standard InChI is InChI=1S/C17H21N3O4/c1-19-15(21)17(18-16(19)22)5-7-20(8-6-17)11-12-3-2-4-13-14(12)24-10-9-23-13/h2-4H,5-11H2,1H3,(H,18,22). The number of likely N-dealkylation sites (tertiary alicyclic amines) is 1. The largest absolute Gasteiger partial charge is 0.486 e. The molecule has 7 nitrogen and oxygen atoms in total. The zero-order valence-corrected chi connectivity index (χ0v) is 13.7. The molecule has 0 atom stereocenters.